The number of nitrogens with one attached hydrogen (secondary N) is 1. The molecule has 1 saturated heterocycles. The van der Waals surface area contributed by atoms with Gasteiger partial charge in [0.05, 0.1) is 13.2 Å². The van der Waals surface area contributed by atoms with Gasteiger partial charge < -0.3 is 14.8 Å². The molecule has 1 heterocycles. The molecule has 1 saturated carbocycles. The molecule has 0 unspecified atom stereocenters. The van der Waals surface area contributed by atoms with Crippen LogP contribution in [0.15, 0.2) is 18.2 Å². The third kappa shape index (κ3) is 5.59. The maximum absolute atomic E-state index is 12.4. The largest absolute Gasteiger partial charge is 0.483 e. The smallest absolute Gasteiger partial charge is 0.258 e. The van der Waals surface area contributed by atoms with E-state index in [0.29, 0.717) is 6.54 Å². The molecular weight excluding hydrogens is 364 g/mol. The van der Waals surface area contributed by atoms with Crippen LogP contribution in [0.5, 0.6) is 5.75 Å². The van der Waals surface area contributed by atoms with Gasteiger partial charge in [0, 0.05) is 25.2 Å². The highest BCUT2D eigenvalue weighted by Gasteiger charge is 2.38. The minimum atomic E-state index is -0.0362. The molecule has 0 spiro atoms. The number of carbonyl (C=O) groups is 1. The van der Waals surface area contributed by atoms with Gasteiger partial charge in [-0.15, -0.1) is 12.4 Å². The van der Waals surface area contributed by atoms with E-state index in [1.54, 1.807) is 0 Å². The van der Waals surface area contributed by atoms with Crippen molar-refractivity contribution in [1.29, 1.82) is 0 Å². The molecule has 1 N–H and O–H groups in total. The van der Waals surface area contributed by atoms with Crippen LogP contribution in [0.25, 0.3) is 0 Å². The number of morpholine rings is 1. The summed E-state index contributed by atoms with van der Waals surface area (Å²) >= 11 is 0. The molecule has 1 amide bonds. The molecule has 6 heteroatoms. The van der Waals surface area contributed by atoms with Gasteiger partial charge in [0.25, 0.3) is 5.91 Å². The number of aryl methyl sites for hydroxylation is 2. The number of rotatable bonds is 6. The number of hydrogen-bond acceptors (Lipinski definition) is 4. The summed E-state index contributed by atoms with van der Waals surface area (Å²) in [5.74, 6) is 0.786. The first-order valence-electron chi connectivity index (χ1n) is 9.89. The molecule has 1 aliphatic heterocycles. The zero-order valence-electron chi connectivity index (χ0n) is 16.6. The van der Waals surface area contributed by atoms with Gasteiger partial charge in [0.2, 0.25) is 0 Å². The van der Waals surface area contributed by atoms with Crippen LogP contribution in [-0.4, -0.2) is 55.8 Å². The van der Waals surface area contributed by atoms with Crippen molar-refractivity contribution in [3.63, 3.8) is 0 Å². The van der Waals surface area contributed by atoms with Crippen molar-refractivity contribution in [2.45, 2.75) is 51.5 Å². The summed E-state index contributed by atoms with van der Waals surface area (Å²) in [7, 11) is 0. The van der Waals surface area contributed by atoms with Crippen LogP contribution < -0.4 is 10.1 Å². The van der Waals surface area contributed by atoms with Gasteiger partial charge in [0.1, 0.15) is 5.75 Å². The van der Waals surface area contributed by atoms with E-state index in [1.165, 1.54) is 19.3 Å². The van der Waals surface area contributed by atoms with E-state index in [4.69, 9.17) is 9.47 Å². The topological polar surface area (TPSA) is 50.8 Å². The summed E-state index contributed by atoms with van der Waals surface area (Å²) in [6, 6.07) is 6.03. The Bertz CT molecular complexity index is 591. The zero-order chi connectivity index (χ0) is 18.4. The molecule has 0 radical (unpaired) electrons. The highest BCUT2D eigenvalue weighted by Crippen LogP contribution is 2.33. The first kappa shape index (κ1) is 22.0. The maximum Gasteiger partial charge on any atom is 0.258 e. The van der Waals surface area contributed by atoms with E-state index in [1.807, 2.05) is 32.0 Å². The van der Waals surface area contributed by atoms with Crippen molar-refractivity contribution in [1.82, 2.24) is 10.2 Å². The Morgan fingerprint density at radius 1 is 1.15 bits per heavy atom. The molecule has 2 aliphatic rings. The Hall–Kier alpha value is -1.30. The Kier molecular flexibility index (Phi) is 8.39. The quantitative estimate of drug-likeness (QED) is 0.801. The second kappa shape index (κ2) is 10.3. The van der Waals surface area contributed by atoms with E-state index in [2.05, 4.69) is 10.2 Å². The standard InChI is InChI=1S/C21H32N2O3.ClH/c1-17-7-6-8-18(2)20(17)26-15-19(24)22-16-21(9-4-3-5-10-21)23-11-13-25-14-12-23;/h6-8H,3-5,9-16H2,1-2H3,(H,22,24);1H. The third-order valence-electron chi connectivity index (χ3n) is 5.84. The molecule has 27 heavy (non-hydrogen) atoms. The molecule has 3 rings (SSSR count). The minimum absolute atomic E-state index is 0. The fourth-order valence-corrected chi connectivity index (χ4v) is 4.33. The SMILES string of the molecule is Cc1cccc(C)c1OCC(=O)NCC1(N2CCOCC2)CCCCC1.Cl. The van der Waals surface area contributed by atoms with Gasteiger partial charge in [-0.25, -0.2) is 0 Å². The number of nitrogens with zero attached hydrogens (tertiary/aromatic N) is 1. The summed E-state index contributed by atoms with van der Waals surface area (Å²) in [5, 5.41) is 3.15. The Morgan fingerprint density at radius 2 is 1.78 bits per heavy atom. The first-order valence-corrected chi connectivity index (χ1v) is 9.89. The van der Waals surface area contributed by atoms with Crippen molar-refractivity contribution in [3.05, 3.63) is 29.3 Å². The average molecular weight is 397 g/mol. The molecule has 0 bridgehead atoms. The average Bonchev–Trinajstić information content (AvgIpc) is 2.67. The summed E-state index contributed by atoms with van der Waals surface area (Å²) in [6.07, 6.45) is 6.10. The minimum Gasteiger partial charge on any atom is -0.483 e. The van der Waals surface area contributed by atoms with Gasteiger partial charge in [-0.1, -0.05) is 37.5 Å². The monoisotopic (exact) mass is 396 g/mol. The highest BCUT2D eigenvalue weighted by atomic mass is 35.5. The van der Waals surface area contributed by atoms with Crippen LogP contribution in [0.3, 0.4) is 0 Å². The van der Waals surface area contributed by atoms with Crippen molar-refractivity contribution < 1.29 is 14.3 Å². The van der Waals surface area contributed by atoms with E-state index in [-0.39, 0.29) is 30.5 Å². The van der Waals surface area contributed by atoms with Crippen LogP contribution in [0.1, 0.15) is 43.2 Å². The predicted molar refractivity (Wildman–Crippen MR) is 110 cm³/mol. The number of benzene rings is 1. The lowest BCUT2D eigenvalue weighted by atomic mass is 9.79. The van der Waals surface area contributed by atoms with Crippen LogP contribution in [-0.2, 0) is 9.53 Å². The summed E-state index contributed by atoms with van der Waals surface area (Å²) in [5.41, 5.74) is 2.22. The second-order valence-corrected chi connectivity index (χ2v) is 7.67. The second-order valence-electron chi connectivity index (χ2n) is 7.67. The summed E-state index contributed by atoms with van der Waals surface area (Å²) in [6.45, 7) is 8.33. The Labute approximate surface area is 169 Å². The van der Waals surface area contributed by atoms with Gasteiger partial charge >= 0.3 is 0 Å². The number of hydrogen-bond donors (Lipinski definition) is 1. The van der Waals surface area contributed by atoms with Crippen LogP contribution in [0, 0.1) is 13.8 Å². The lowest BCUT2D eigenvalue weighted by Gasteiger charge is -2.48. The van der Waals surface area contributed by atoms with E-state index >= 15 is 0 Å². The fourth-order valence-electron chi connectivity index (χ4n) is 4.33. The number of amides is 1. The zero-order valence-corrected chi connectivity index (χ0v) is 17.4. The van der Waals surface area contributed by atoms with E-state index in [0.717, 1.165) is 56.0 Å². The van der Waals surface area contributed by atoms with E-state index < -0.39 is 0 Å². The van der Waals surface area contributed by atoms with E-state index in [9.17, 15) is 4.79 Å². The molecular formula is C21H33ClN2O3. The maximum atomic E-state index is 12.4. The first-order chi connectivity index (χ1) is 12.6. The molecule has 2 fully saturated rings. The molecule has 1 aliphatic carbocycles. The Morgan fingerprint density at radius 3 is 2.41 bits per heavy atom. The molecule has 1 aromatic carbocycles. The molecule has 1 aromatic rings. The van der Waals surface area contributed by atoms with Crippen molar-refractivity contribution in [2.75, 3.05) is 39.5 Å². The van der Waals surface area contributed by atoms with Gasteiger partial charge in [-0.05, 0) is 37.8 Å². The number of para-hydroxylation sites is 1. The van der Waals surface area contributed by atoms with Crippen LogP contribution in [0.2, 0.25) is 0 Å². The molecule has 152 valence electrons. The van der Waals surface area contributed by atoms with Crippen molar-refractivity contribution in [2.24, 2.45) is 0 Å². The van der Waals surface area contributed by atoms with Gasteiger partial charge in [0.15, 0.2) is 6.61 Å². The van der Waals surface area contributed by atoms with Gasteiger partial charge in [-0.2, -0.15) is 0 Å². The number of ether oxygens (including phenoxy) is 2. The molecule has 0 atom stereocenters. The Balaban J connectivity index is 0.00000261. The summed E-state index contributed by atoms with van der Waals surface area (Å²) < 4.78 is 11.3. The highest BCUT2D eigenvalue weighted by molar-refractivity contribution is 5.85. The third-order valence-corrected chi connectivity index (χ3v) is 5.84. The number of carbonyl (C=O) groups excluding carboxylic acids is 1. The fraction of sp³-hybridized carbons (Fsp3) is 0.667. The normalized spacial score (nSPS) is 19.8. The molecule has 5 nitrogen and oxygen atoms in total. The predicted octanol–water partition coefficient (Wildman–Crippen LogP) is 3.26. The lowest BCUT2D eigenvalue weighted by Crippen LogP contribution is -2.60. The molecule has 0 aromatic heterocycles. The lowest BCUT2D eigenvalue weighted by molar-refractivity contribution is -0.124. The van der Waals surface area contributed by atoms with Crippen LogP contribution in [0.4, 0.5) is 0 Å². The van der Waals surface area contributed by atoms with Crippen molar-refractivity contribution >= 4 is 18.3 Å². The van der Waals surface area contributed by atoms with Gasteiger partial charge in [-0.3, -0.25) is 9.69 Å². The summed E-state index contributed by atoms with van der Waals surface area (Å²) in [4.78, 5) is 15.0. The van der Waals surface area contributed by atoms with Crippen LogP contribution >= 0.6 is 12.4 Å². The number of halogens is 1. The van der Waals surface area contributed by atoms with Crippen molar-refractivity contribution in [3.8, 4) is 5.75 Å².